The minimum atomic E-state index is -4.06. The number of anilines is 2. The van der Waals surface area contributed by atoms with Gasteiger partial charge in [0.05, 0.1) is 11.5 Å². The molecule has 35 heavy (non-hydrogen) atoms. The molecule has 0 aliphatic carbocycles. The molecular weight excluding hydrogens is 468 g/mol. The summed E-state index contributed by atoms with van der Waals surface area (Å²) >= 11 is 0. The summed E-state index contributed by atoms with van der Waals surface area (Å²) in [5, 5.41) is 2.84. The maximum Gasteiger partial charge on any atom is 0.238 e. The number of sulfone groups is 1. The third-order valence-corrected chi connectivity index (χ3v) is 7.02. The lowest BCUT2D eigenvalue weighted by atomic mass is 10.1. The second kappa shape index (κ2) is 9.34. The third-order valence-electron chi connectivity index (χ3n) is 5.36. The van der Waals surface area contributed by atoms with Crippen molar-refractivity contribution in [3.63, 3.8) is 0 Å². The molecule has 0 amide bonds. The molecule has 0 spiro atoms. The average molecular weight is 493 g/mol. The summed E-state index contributed by atoms with van der Waals surface area (Å²) in [6, 6.07) is 19.2. The summed E-state index contributed by atoms with van der Waals surface area (Å²) in [6.07, 6.45) is 0. The van der Waals surface area contributed by atoms with Gasteiger partial charge in [0.25, 0.3) is 0 Å². The van der Waals surface area contributed by atoms with Crippen molar-refractivity contribution in [2.24, 2.45) is 0 Å². The zero-order valence-corrected chi connectivity index (χ0v) is 20.1. The fourth-order valence-electron chi connectivity index (χ4n) is 3.70. The van der Waals surface area contributed by atoms with Crippen molar-refractivity contribution >= 4 is 21.4 Å². The van der Waals surface area contributed by atoms with Gasteiger partial charge in [0.2, 0.25) is 26.6 Å². The molecule has 4 aromatic rings. The van der Waals surface area contributed by atoms with E-state index < -0.39 is 9.84 Å². The number of aryl methyl sites for hydroxylation is 1. The van der Waals surface area contributed by atoms with Gasteiger partial charge in [0, 0.05) is 17.3 Å². The van der Waals surface area contributed by atoms with Gasteiger partial charge in [-0.2, -0.15) is 4.98 Å². The Balaban J connectivity index is 1.57. The van der Waals surface area contributed by atoms with E-state index in [-0.39, 0.29) is 21.7 Å². The molecule has 0 saturated heterocycles. The van der Waals surface area contributed by atoms with Gasteiger partial charge in [-0.15, -0.1) is 0 Å². The van der Waals surface area contributed by atoms with E-state index in [4.69, 9.17) is 18.6 Å². The predicted molar refractivity (Wildman–Crippen MR) is 130 cm³/mol. The second-order valence-electron chi connectivity index (χ2n) is 7.91. The molecule has 9 heteroatoms. The first-order valence-corrected chi connectivity index (χ1v) is 12.6. The van der Waals surface area contributed by atoms with Crippen LogP contribution in [0, 0.1) is 6.92 Å². The van der Waals surface area contributed by atoms with E-state index in [1.165, 1.54) is 12.1 Å². The highest BCUT2D eigenvalue weighted by Gasteiger charge is 2.30. The number of hydrogen-bond acceptors (Lipinski definition) is 8. The molecule has 0 saturated carbocycles. The number of aromatic nitrogens is 1. The average Bonchev–Trinajstić information content (AvgIpc) is 3.30. The Morgan fingerprint density at radius 2 is 1.74 bits per heavy atom. The SMILES string of the molecule is CCOc1ccc(Nc2oc(-c3cccc(C)c3)nc2S(=O)(=O)c2ccc3c(c2)OCCO3)cc1. The summed E-state index contributed by atoms with van der Waals surface area (Å²) in [5.41, 5.74) is 2.29. The zero-order chi connectivity index (χ0) is 24.4. The molecule has 3 aromatic carbocycles. The molecule has 0 atom stereocenters. The van der Waals surface area contributed by atoms with Crippen molar-refractivity contribution in [1.29, 1.82) is 0 Å². The van der Waals surface area contributed by atoms with Crippen LogP contribution in [0.15, 0.2) is 81.1 Å². The van der Waals surface area contributed by atoms with Crippen LogP contribution >= 0.6 is 0 Å². The second-order valence-corrected chi connectivity index (χ2v) is 9.78. The van der Waals surface area contributed by atoms with Crippen LogP contribution in [-0.2, 0) is 9.84 Å². The normalized spacial score (nSPS) is 12.9. The van der Waals surface area contributed by atoms with Crippen LogP contribution in [0.25, 0.3) is 11.5 Å². The van der Waals surface area contributed by atoms with Gasteiger partial charge in [0.15, 0.2) is 11.5 Å². The van der Waals surface area contributed by atoms with Gasteiger partial charge < -0.3 is 23.9 Å². The van der Waals surface area contributed by atoms with Gasteiger partial charge in [-0.1, -0.05) is 17.7 Å². The minimum Gasteiger partial charge on any atom is -0.494 e. The number of nitrogens with zero attached hydrogens (tertiary/aromatic N) is 1. The molecule has 0 unspecified atom stereocenters. The Hall–Kier alpha value is -3.98. The van der Waals surface area contributed by atoms with Crippen molar-refractivity contribution in [3.05, 3.63) is 72.3 Å². The molecule has 1 aliphatic heterocycles. The highest BCUT2D eigenvalue weighted by Crippen LogP contribution is 2.38. The summed E-state index contributed by atoms with van der Waals surface area (Å²) in [7, 11) is -4.06. The van der Waals surface area contributed by atoms with E-state index in [1.807, 2.05) is 38.1 Å². The lowest BCUT2D eigenvalue weighted by Gasteiger charge is -2.18. The van der Waals surface area contributed by atoms with Crippen molar-refractivity contribution < 1.29 is 27.0 Å². The molecule has 0 fully saturated rings. The minimum absolute atomic E-state index is 0.0144. The number of benzene rings is 3. The standard InChI is InChI=1S/C26H24N2O6S/c1-3-31-20-9-7-19(8-10-20)27-25-26(28-24(34-25)18-6-4-5-17(2)15-18)35(29,30)21-11-12-22-23(16-21)33-14-13-32-22/h4-12,15-16,27H,3,13-14H2,1-2H3. The Morgan fingerprint density at radius 1 is 0.971 bits per heavy atom. The van der Waals surface area contributed by atoms with Crippen LogP contribution in [0.1, 0.15) is 12.5 Å². The number of hydrogen-bond donors (Lipinski definition) is 1. The number of fused-ring (bicyclic) bond motifs is 1. The highest BCUT2D eigenvalue weighted by atomic mass is 32.2. The van der Waals surface area contributed by atoms with Crippen molar-refractivity contribution in [2.45, 2.75) is 23.8 Å². The monoisotopic (exact) mass is 492 g/mol. The molecule has 1 N–H and O–H groups in total. The smallest absolute Gasteiger partial charge is 0.238 e. The van der Waals surface area contributed by atoms with E-state index in [2.05, 4.69) is 10.3 Å². The number of ether oxygens (including phenoxy) is 3. The van der Waals surface area contributed by atoms with Gasteiger partial charge >= 0.3 is 0 Å². The molecule has 1 aliphatic rings. The maximum absolute atomic E-state index is 13.7. The molecule has 0 radical (unpaired) electrons. The number of oxazole rings is 1. The summed E-state index contributed by atoms with van der Waals surface area (Å²) in [4.78, 5) is 4.44. The first kappa shape index (κ1) is 22.8. The molecule has 5 rings (SSSR count). The summed E-state index contributed by atoms with van der Waals surface area (Å²) in [5.74, 6) is 1.79. The van der Waals surface area contributed by atoms with E-state index in [9.17, 15) is 8.42 Å². The molecule has 0 bridgehead atoms. The van der Waals surface area contributed by atoms with Gasteiger partial charge in [-0.05, 0) is 62.4 Å². The largest absolute Gasteiger partial charge is 0.494 e. The quantitative estimate of drug-likeness (QED) is 0.366. The van der Waals surface area contributed by atoms with Gasteiger partial charge in [-0.25, -0.2) is 8.42 Å². The molecule has 8 nitrogen and oxygen atoms in total. The zero-order valence-electron chi connectivity index (χ0n) is 19.3. The number of nitrogens with one attached hydrogen (secondary N) is 1. The molecule has 2 heterocycles. The van der Waals surface area contributed by atoms with Crippen molar-refractivity contribution in [3.8, 4) is 28.7 Å². The van der Waals surface area contributed by atoms with Crippen LogP contribution in [0.5, 0.6) is 17.2 Å². The van der Waals surface area contributed by atoms with E-state index >= 15 is 0 Å². The Morgan fingerprint density at radius 3 is 2.49 bits per heavy atom. The number of rotatable bonds is 7. The fraction of sp³-hybridized carbons (Fsp3) is 0.192. The van der Waals surface area contributed by atoms with E-state index in [0.29, 0.717) is 48.3 Å². The maximum atomic E-state index is 13.7. The predicted octanol–water partition coefficient (Wildman–Crippen LogP) is 5.40. The van der Waals surface area contributed by atoms with Gasteiger partial charge in [0.1, 0.15) is 19.0 Å². The highest BCUT2D eigenvalue weighted by molar-refractivity contribution is 7.91. The van der Waals surface area contributed by atoms with Crippen molar-refractivity contribution in [2.75, 3.05) is 25.1 Å². The summed E-state index contributed by atoms with van der Waals surface area (Å²) in [6.45, 7) is 5.16. The van der Waals surface area contributed by atoms with Crippen LogP contribution in [0.2, 0.25) is 0 Å². The van der Waals surface area contributed by atoms with Gasteiger partial charge in [-0.3, -0.25) is 0 Å². The van der Waals surface area contributed by atoms with Crippen LogP contribution < -0.4 is 19.5 Å². The van der Waals surface area contributed by atoms with Crippen LogP contribution in [0.3, 0.4) is 0 Å². The fourth-order valence-corrected chi connectivity index (χ4v) is 4.98. The third kappa shape index (κ3) is 4.67. The molecule has 180 valence electrons. The Kier molecular flexibility index (Phi) is 6.08. The van der Waals surface area contributed by atoms with E-state index in [1.54, 1.807) is 30.3 Å². The Bertz CT molecular complexity index is 1460. The first-order valence-electron chi connectivity index (χ1n) is 11.2. The Labute approximate surface area is 203 Å². The summed E-state index contributed by atoms with van der Waals surface area (Å²) < 4.78 is 50.0. The van der Waals surface area contributed by atoms with Crippen LogP contribution in [-0.4, -0.2) is 33.2 Å². The van der Waals surface area contributed by atoms with E-state index in [0.717, 1.165) is 5.56 Å². The molecular formula is C26H24N2O6S. The lowest BCUT2D eigenvalue weighted by molar-refractivity contribution is 0.171. The van der Waals surface area contributed by atoms with Crippen LogP contribution in [0.4, 0.5) is 11.6 Å². The van der Waals surface area contributed by atoms with Crippen molar-refractivity contribution in [1.82, 2.24) is 4.98 Å². The molecule has 1 aromatic heterocycles. The first-order chi connectivity index (χ1) is 16.9. The topological polar surface area (TPSA) is 99.9 Å². The lowest BCUT2D eigenvalue weighted by Crippen LogP contribution is -2.16.